The van der Waals surface area contributed by atoms with Gasteiger partial charge in [-0.1, -0.05) is 24.8 Å². The molecule has 0 unspecified atom stereocenters. The van der Waals surface area contributed by atoms with E-state index in [4.69, 9.17) is 9.47 Å². The minimum absolute atomic E-state index is 0.313. The molecule has 0 fully saturated rings. The molecule has 0 atom stereocenters. The fraction of sp³-hybridized carbons (Fsp3) is 0.357. The fourth-order valence-electron chi connectivity index (χ4n) is 1.33. The summed E-state index contributed by atoms with van der Waals surface area (Å²) in [6.45, 7) is 6.43. The van der Waals surface area contributed by atoms with Crippen LogP contribution in [0.5, 0.6) is 5.75 Å². The first-order valence-corrected chi connectivity index (χ1v) is 5.76. The number of esters is 1. The maximum Gasteiger partial charge on any atom is 0.333 e. The van der Waals surface area contributed by atoms with Gasteiger partial charge < -0.3 is 9.47 Å². The summed E-state index contributed by atoms with van der Waals surface area (Å²) in [4.78, 5) is 11.2. The lowest BCUT2D eigenvalue weighted by atomic mass is 10.2. The number of benzene rings is 1. The standard InChI is InChI=1S/C14H18O3/c1-3-16-14(15)12(2)8-7-11-17-13-9-5-4-6-10-13/h4-6,9-10H,2-3,7-8,11H2,1H3. The number of ether oxygens (including phenoxy) is 2. The van der Waals surface area contributed by atoms with E-state index in [2.05, 4.69) is 6.58 Å². The molecule has 0 bridgehead atoms. The van der Waals surface area contributed by atoms with Gasteiger partial charge in [0.15, 0.2) is 0 Å². The third-order valence-electron chi connectivity index (χ3n) is 2.20. The first-order valence-electron chi connectivity index (χ1n) is 5.76. The smallest absolute Gasteiger partial charge is 0.333 e. The van der Waals surface area contributed by atoms with E-state index in [1.807, 2.05) is 30.3 Å². The van der Waals surface area contributed by atoms with Crippen LogP contribution in [0, 0.1) is 0 Å². The number of para-hydroxylation sites is 1. The van der Waals surface area contributed by atoms with Gasteiger partial charge >= 0.3 is 5.97 Å². The van der Waals surface area contributed by atoms with Gasteiger partial charge in [-0.25, -0.2) is 4.79 Å². The van der Waals surface area contributed by atoms with E-state index in [1.54, 1.807) is 6.92 Å². The average molecular weight is 234 g/mol. The van der Waals surface area contributed by atoms with Crippen LogP contribution in [-0.2, 0) is 9.53 Å². The molecule has 0 saturated heterocycles. The molecule has 92 valence electrons. The Morgan fingerprint density at radius 3 is 2.65 bits per heavy atom. The average Bonchev–Trinajstić information content (AvgIpc) is 2.36. The largest absolute Gasteiger partial charge is 0.494 e. The van der Waals surface area contributed by atoms with Crippen molar-refractivity contribution in [1.29, 1.82) is 0 Å². The number of rotatable bonds is 7. The molecule has 1 rings (SSSR count). The highest BCUT2D eigenvalue weighted by atomic mass is 16.5. The molecule has 3 nitrogen and oxygen atoms in total. The molecule has 0 N–H and O–H groups in total. The molecule has 0 aliphatic heterocycles. The number of carbonyl (C=O) groups is 1. The van der Waals surface area contributed by atoms with Gasteiger partial charge in [0.1, 0.15) is 5.75 Å². The van der Waals surface area contributed by atoms with Crippen LogP contribution in [0.15, 0.2) is 42.5 Å². The predicted molar refractivity (Wildman–Crippen MR) is 66.9 cm³/mol. The summed E-state index contributed by atoms with van der Waals surface area (Å²) in [5, 5.41) is 0. The van der Waals surface area contributed by atoms with Crippen molar-refractivity contribution in [2.45, 2.75) is 19.8 Å². The van der Waals surface area contributed by atoms with Crippen LogP contribution in [0.3, 0.4) is 0 Å². The van der Waals surface area contributed by atoms with Gasteiger partial charge in [-0.05, 0) is 31.9 Å². The molecule has 1 aromatic carbocycles. The zero-order chi connectivity index (χ0) is 12.5. The highest BCUT2D eigenvalue weighted by Crippen LogP contribution is 2.10. The van der Waals surface area contributed by atoms with Gasteiger partial charge in [0.25, 0.3) is 0 Å². The van der Waals surface area contributed by atoms with Crippen molar-refractivity contribution in [3.05, 3.63) is 42.5 Å². The van der Waals surface area contributed by atoms with Crippen LogP contribution < -0.4 is 4.74 Å². The molecule has 1 aromatic rings. The second-order valence-electron chi connectivity index (χ2n) is 3.59. The van der Waals surface area contributed by atoms with Crippen molar-refractivity contribution in [2.75, 3.05) is 13.2 Å². The van der Waals surface area contributed by atoms with Crippen LogP contribution in [-0.4, -0.2) is 19.2 Å². The number of hydrogen-bond donors (Lipinski definition) is 0. The summed E-state index contributed by atoms with van der Waals surface area (Å²) >= 11 is 0. The minimum atomic E-state index is -0.313. The summed E-state index contributed by atoms with van der Waals surface area (Å²) < 4.78 is 10.3. The lowest BCUT2D eigenvalue weighted by molar-refractivity contribution is -0.138. The molecule has 0 radical (unpaired) electrons. The minimum Gasteiger partial charge on any atom is -0.494 e. The SMILES string of the molecule is C=C(CCCOc1ccccc1)C(=O)OCC. The third kappa shape index (κ3) is 5.20. The Morgan fingerprint density at radius 1 is 1.29 bits per heavy atom. The van der Waals surface area contributed by atoms with Gasteiger partial charge in [0.2, 0.25) is 0 Å². The zero-order valence-corrected chi connectivity index (χ0v) is 10.1. The van der Waals surface area contributed by atoms with Gasteiger partial charge in [-0.3, -0.25) is 0 Å². The summed E-state index contributed by atoms with van der Waals surface area (Å²) in [5.41, 5.74) is 0.503. The molecule has 0 aliphatic carbocycles. The molecule has 3 heteroatoms. The van der Waals surface area contributed by atoms with Crippen LogP contribution in [0.1, 0.15) is 19.8 Å². The molecule has 0 amide bonds. The molecule has 0 saturated carbocycles. The molecular weight excluding hydrogens is 216 g/mol. The van der Waals surface area contributed by atoms with E-state index < -0.39 is 0 Å². The first-order chi connectivity index (χ1) is 8.24. The third-order valence-corrected chi connectivity index (χ3v) is 2.20. The van der Waals surface area contributed by atoms with E-state index in [9.17, 15) is 4.79 Å². The highest BCUT2D eigenvalue weighted by molar-refractivity contribution is 5.87. The summed E-state index contributed by atoms with van der Waals surface area (Å²) in [5.74, 6) is 0.529. The van der Waals surface area contributed by atoms with E-state index in [-0.39, 0.29) is 5.97 Å². The lowest BCUT2D eigenvalue weighted by Crippen LogP contribution is -2.08. The number of carbonyl (C=O) groups excluding carboxylic acids is 1. The molecule has 0 heterocycles. The zero-order valence-electron chi connectivity index (χ0n) is 10.1. The Morgan fingerprint density at radius 2 is 2.00 bits per heavy atom. The molecular formula is C14H18O3. The Balaban J connectivity index is 2.16. The Labute approximate surface area is 102 Å². The Kier molecular flexibility index (Phi) is 5.86. The maximum absolute atomic E-state index is 11.2. The molecule has 17 heavy (non-hydrogen) atoms. The summed E-state index contributed by atoms with van der Waals surface area (Å²) in [6, 6.07) is 9.59. The van der Waals surface area contributed by atoms with Crippen molar-refractivity contribution >= 4 is 5.97 Å². The van der Waals surface area contributed by atoms with Crippen LogP contribution in [0.4, 0.5) is 0 Å². The maximum atomic E-state index is 11.2. The Bertz CT molecular complexity index is 357. The second kappa shape index (κ2) is 7.49. The van der Waals surface area contributed by atoms with Gasteiger partial charge in [0.05, 0.1) is 13.2 Å². The van der Waals surface area contributed by atoms with Crippen LogP contribution in [0.25, 0.3) is 0 Å². The molecule has 0 spiro atoms. The molecule has 0 aromatic heterocycles. The van der Waals surface area contributed by atoms with Crippen LogP contribution in [0.2, 0.25) is 0 Å². The predicted octanol–water partition coefficient (Wildman–Crippen LogP) is 2.96. The normalized spacial score (nSPS) is 9.71. The quantitative estimate of drug-likeness (QED) is 0.413. The van der Waals surface area contributed by atoms with Gasteiger partial charge in [-0.2, -0.15) is 0 Å². The topological polar surface area (TPSA) is 35.5 Å². The summed E-state index contributed by atoms with van der Waals surface area (Å²) in [6.07, 6.45) is 1.36. The second-order valence-corrected chi connectivity index (χ2v) is 3.59. The van der Waals surface area contributed by atoms with E-state index >= 15 is 0 Å². The monoisotopic (exact) mass is 234 g/mol. The van der Waals surface area contributed by atoms with Crippen molar-refractivity contribution in [2.24, 2.45) is 0 Å². The van der Waals surface area contributed by atoms with Gasteiger partial charge in [-0.15, -0.1) is 0 Å². The van der Waals surface area contributed by atoms with Gasteiger partial charge in [0, 0.05) is 5.57 Å². The van der Waals surface area contributed by atoms with E-state index in [0.29, 0.717) is 25.2 Å². The van der Waals surface area contributed by atoms with Crippen molar-refractivity contribution in [1.82, 2.24) is 0 Å². The first kappa shape index (κ1) is 13.3. The van der Waals surface area contributed by atoms with Crippen molar-refractivity contribution in [3.8, 4) is 5.75 Å². The van der Waals surface area contributed by atoms with Crippen molar-refractivity contribution in [3.63, 3.8) is 0 Å². The Hall–Kier alpha value is -1.77. The number of hydrogen-bond acceptors (Lipinski definition) is 3. The van der Waals surface area contributed by atoms with E-state index in [0.717, 1.165) is 12.2 Å². The fourth-order valence-corrected chi connectivity index (χ4v) is 1.33. The molecule has 0 aliphatic rings. The lowest BCUT2D eigenvalue weighted by Gasteiger charge is -2.07. The van der Waals surface area contributed by atoms with E-state index in [1.165, 1.54) is 0 Å². The highest BCUT2D eigenvalue weighted by Gasteiger charge is 2.06. The van der Waals surface area contributed by atoms with Crippen LogP contribution >= 0.6 is 0 Å². The van der Waals surface area contributed by atoms with Crippen molar-refractivity contribution < 1.29 is 14.3 Å². The summed E-state index contributed by atoms with van der Waals surface area (Å²) in [7, 11) is 0.